The Morgan fingerprint density at radius 1 is 1.21 bits per heavy atom. The topological polar surface area (TPSA) is 40.5 Å². The van der Waals surface area contributed by atoms with E-state index in [0.29, 0.717) is 25.0 Å². The number of carboxylic acids is 1. The highest BCUT2D eigenvalue weighted by Crippen LogP contribution is 2.41. The van der Waals surface area contributed by atoms with Gasteiger partial charge in [0.25, 0.3) is 0 Å². The summed E-state index contributed by atoms with van der Waals surface area (Å²) in [4.78, 5) is 13.5. The van der Waals surface area contributed by atoms with Crippen LogP contribution in [-0.2, 0) is 11.0 Å². The van der Waals surface area contributed by atoms with Crippen LogP contribution in [0.5, 0.6) is 0 Å². The number of hydrogen-bond donors (Lipinski definition) is 1. The zero-order valence-electron chi connectivity index (χ0n) is 18.2. The first-order chi connectivity index (χ1) is 15.5. The van der Waals surface area contributed by atoms with Gasteiger partial charge in [0.1, 0.15) is 0 Å². The molecule has 0 spiro atoms. The van der Waals surface area contributed by atoms with E-state index in [9.17, 15) is 23.1 Å². The van der Waals surface area contributed by atoms with Crippen LogP contribution < -0.4 is 0 Å². The molecule has 2 aromatic carbocycles. The van der Waals surface area contributed by atoms with Crippen LogP contribution in [0, 0.1) is 17.8 Å². The second-order valence-corrected chi connectivity index (χ2v) is 9.28. The third kappa shape index (κ3) is 6.72. The Bertz CT molecular complexity index is 1050. The van der Waals surface area contributed by atoms with Gasteiger partial charge in [0.05, 0.1) is 11.6 Å². The van der Waals surface area contributed by atoms with Gasteiger partial charge in [-0.3, -0.25) is 9.69 Å². The van der Waals surface area contributed by atoms with Gasteiger partial charge in [-0.05, 0) is 66.6 Å². The van der Waals surface area contributed by atoms with Gasteiger partial charge in [-0.15, -0.1) is 0 Å². The molecular weight excluding hydrogens is 495 g/mol. The third-order valence-corrected chi connectivity index (χ3v) is 6.31. The maximum Gasteiger partial charge on any atom is 0.416 e. The Morgan fingerprint density at radius 3 is 2.39 bits per heavy atom. The molecule has 1 aliphatic rings. The first-order valence-electron chi connectivity index (χ1n) is 10.6. The summed E-state index contributed by atoms with van der Waals surface area (Å²) in [5.74, 6) is 5.41. The minimum atomic E-state index is -4.41. The fraction of sp³-hybridized carbons (Fsp3) is 0.346. The van der Waals surface area contributed by atoms with E-state index in [1.54, 1.807) is 0 Å². The van der Waals surface area contributed by atoms with Crippen molar-refractivity contribution in [3.05, 3.63) is 81.8 Å². The summed E-state index contributed by atoms with van der Waals surface area (Å²) in [7, 11) is 0. The number of carbonyl (C=O) groups is 1. The molecule has 2 aromatic rings. The molecule has 3 atom stereocenters. The van der Waals surface area contributed by atoms with E-state index < -0.39 is 17.7 Å². The van der Waals surface area contributed by atoms with Gasteiger partial charge >= 0.3 is 12.1 Å². The zero-order valence-corrected chi connectivity index (χ0v) is 19.8. The van der Waals surface area contributed by atoms with Crippen molar-refractivity contribution in [3.63, 3.8) is 0 Å². The number of benzene rings is 2. The first kappa shape index (κ1) is 25.1. The number of rotatable bonds is 5. The number of aliphatic carboxylic acids is 1. The summed E-state index contributed by atoms with van der Waals surface area (Å²) in [6, 6.07) is 12.4. The second kappa shape index (κ2) is 10.6. The van der Waals surface area contributed by atoms with Crippen molar-refractivity contribution in [2.75, 3.05) is 6.54 Å². The zero-order chi connectivity index (χ0) is 24.2. The van der Waals surface area contributed by atoms with Crippen LogP contribution >= 0.6 is 15.9 Å². The number of piperidine rings is 1. The van der Waals surface area contributed by atoms with E-state index in [1.165, 1.54) is 12.1 Å². The summed E-state index contributed by atoms with van der Waals surface area (Å²) >= 11 is 3.44. The highest BCUT2D eigenvalue weighted by Gasteiger charge is 2.36. The van der Waals surface area contributed by atoms with Gasteiger partial charge in [-0.25, -0.2) is 0 Å². The van der Waals surface area contributed by atoms with Crippen molar-refractivity contribution in [2.45, 2.75) is 44.4 Å². The molecule has 1 heterocycles. The summed E-state index contributed by atoms with van der Waals surface area (Å²) in [6.45, 7) is 6.26. The Kier molecular flexibility index (Phi) is 8.04. The number of alkyl halides is 3. The molecule has 0 radical (unpaired) electrons. The fourth-order valence-electron chi connectivity index (χ4n) is 4.21. The van der Waals surface area contributed by atoms with E-state index in [-0.39, 0.29) is 24.4 Å². The Morgan fingerprint density at radius 2 is 1.85 bits per heavy atom. The van der Waals surface area contributed by atoms with E-state index in [2.05, 4.69) is 39.2 Å². The molecule has 0 unspecified atom stereocenters. The monoisotopic (exact) mass is 519 g/mol. The molecule has 1 fully saturated rings. The number of allylic oxidation sites excluding steroid dienone is 1. The van der Waals surface area contributed by atoms with Crippen LogP contribution in [-0.4, -0.2) is 22.5 Å². The van der Waals surface area contributed by atoms with Crippen LogP contribution in [0.1, 0.15) is 55.0 Å². The van der Waals surface area contributed by atoms with E-state index in [4.69, 9.17) is 0 Å². The third-order valence-electron chi connectivity index (χ3n) is 5.78. The van der Waals surface area contributed by atoms with Crippen molar-refractivity contribution in [2.24, 2.45) is 5.92 Å². The molecule has 3 nitrogen and oxygen atoms in total. The molecule has 7 heteroatoms. The van der Waals surface area contributed by atoms with E-state index in [1.807, 2.05) is 31.2 Å². The van der Waals surface area contributed by atoms with Gasteiger partial charge in [0.15, 0.2) is 0 Å². The number of carboxylic acid groups (broad SMARTS) is 1. The SMILES string of the molecule is C=C(C)C#C[C@@H](c1ccc(Br)cc1)N1CC[C@H](CC(=O)O)C[C@@H]1c1ccc(C(F)(F)F)cc1. The summed E-state index contributed by atoms with van der Waals surface area (Å²) in [6.07, 6.45) is -3.18. The minimum absolute atomic E-state index is 0.0331. The standard InChI is InChI=1S/C26H25BrF3NO2/c1-17(2)3-12-23(19-6-10-22(27)11-7-19)31-14-13-18(16-25(32)33)15-24(31)20-4-8-21(9-5-20)26(28,29)30/h4-11,18,23-24H,1,13-16H2,2H3,(H,32,33)/t18-,23-,24+/m0/s1. The van der Waals surface area contributed by atoms with Crippen molar-refractivity contribution >= 4 is 21.9 Å². The maximum atomic E-state index is 13.1. The summed E-state index contributed by atoms with van der Waals surface area (Å²) in [5, 5.41) is 9.30. The maximum absolute atomic E-state index is 13.1. The van der Waals surface area contributed by atoms with Crippen LogP contribution in [0.3, 0.4) is 0 Å². The minimum Gasteiger partial charge on any atom is -0.481 e. The van der Waals surface area contributed by atoms with Crippen molar-refractivity contribution in [1.82, 2.24) is 4.90 Å². The van der Waals surface area contributed by atoms with Gasteiger partial charge < -0.3 is 5.11 Å². The number of halogens is 4. The Balaban J connectivity index is 2.02. The predicted octanol–water partition coefficient (Wildman–Crippen LogP) is 7.02. The van der Waals surface area contributed by atoms with E-state index >= 15 is 0 Å². The molecule has 1 saturated heterocycles. The summed E-state index contributed by atoms with van der Waals surface area (Å²) < 4.78 is 40.2. The van der Waals surface area contributed by atoms with Crippen LogP contribution in [0.15, 0.2) is 65.2 Å². The van der Waals surface area contributed by atoms with Gasteiger partial charge in [-0.1, -0.05) is 58.6 Å². The number of likely N-dealkylation sites (tertiary alicyclic amines) is 1. The Hall–Kier alpha value is -2.56. The highest BCUT2D eigenvalue weighted by atomic mass is 79.9. The molecule has 3 rings (SSSR count). The molecule has 1 N–H and O–H groups in total. The normalized spacial score (nSPS) is 19.9. The molecule has 0 aromatic heterocycles. The smallest absolute Gasteiger partial charge is 0.416 e. The molecule has 0 aliphatic carbocycles. The average molecular weight is 520 g/mol. The molecule has 33 heavy (non-hydrogen) atoms. The largest absolute Gasteiger partial charge is 0.481 e. The highest BCUT2D eigenvalue weighted by molar-refractivity contribution is 9.10. The summed E-state index contributed by atoms with van der Waals surface area (Å²) in [5.41, 5.74) is 1.68. The van der Waals surface area contributed by atoms with Crippen LogP contribution in [0.4, 0.5) is 13.2 Å². The first-order valence-corrected chi connectivity index (χ1v) is 11.4. The lowest BCUT2D eigenvalue weighted by Crippen LogP contribution is -2.39. The fourth-order valence-corrected chi connectivity index (χ4v) is 4.48. The van der Waals surface area contributed by atoms with Crippen molar-refractivity contribution < 1.29 is 23.1 Å². The second-order valence-electron chi connectivity index (χ2n) is 8.37. The van der Waals surface area contributed by atoms with Crippen LogP contribution in [0.2, 0.25) is 0 Å². The lowest BCUT2D eigenvalue weighted by Gasteiger charge is -2.42. The predicted molar refractivity (Wildman–Crippen MR) is 125 cm³/mol. The quantitative estimate of drug-likeness (QED) is 0.431. The van der Waals surface area contributed by atoms with Crippen molar-refractivity contribution in [3.8, 4) is 11.8 Å². The molecule has 0 amide bonds. The van der Waals surface area contributed by atoms with Crippen molar-refractivity contribution in [1.29, 1.82) is 0 Å². The molecule has 174 valence electrons. The van der Waals surface area contributed by atoms with Gasteiger partial charge in [0.2, 0.25) is 0 Å². The number of hydrogen-bond acceptors (Lipinski definition) is 2. The molecular formula is C26H25BrF3NO2. The van der Waals surface area contributed by atoms with E-state index in [0.717, 1.165) is 27.7 Å². The lowest BCUT2D eigenvalue weighted by atomic mass is 9.83. The van der Waals surface area contributed by atoms with Gasteiger partial charge in [0, 0.05) is 23.5 Å². The molecule has 1 aliphatic heterocycles. The lowest BCUT2D eigenvalue weighted by molar-refractivity contribution is -0.139. The Labute approximate surface area is 200 Å². The molecule has 0 saturated carbocycles. The molecule has 0 bridgehead atoms. The van der Waals surface area contributed by atoms with Gasteiger partial charge in [-0.2, -0.15) is 13.2 Å². The average Bonchev–Trinajstić information content (AvgIpc) is 2.74. The number of nitrogens with zero attached hydrogens (tertiary/aromatic N) is 1. The van der Waals surface area contributed by atoms with Crippen LogP contribution in [0.25, 0.3) is 0 Å².